The van der Waals surface area contributed by atoms with Crippen molar-refractivity contribution >= 4 is 51.4 Å². The van der Waals surface area contributed by atoms with Crippen molar-refractivity contribution in [3.8, 4) is 0 Å². The number of hydrogen-bond acceptors (Lipinski definition) is 4. The zero-order chi connectivity index (χ0) is 23.6. The largest absolute Gasteiger partial charge is 0.417 e. The molecular weight excluding hydrogens is 462 g/mol. The van der Waals surface area contributed by atoms with E-state index in [0.29, 0.717) is 28.1 Å². The van der Waals surface area contributed by atoms with Gasteiger partial charge in [0.1, 0.15) is 18.0 Å². The predicted molar refractivity (Wildman–Crippen MR) is 118 cm³/mol. The highest BCUT2D eigenvalue weighted by atomic mass is 35.5. The maximum atomic E-state index is 13.5. The molecule has 0 saturated heterocycles. The molecule has 0 radical (unpaired) electrons. The maximum absolute atomic E-state index is 13.5. The molecule has 2 amide bonds. The van der Waals surface area contributed by atoms with Crippen LogP contribution in [-0.4, -0.2) is 16.0 Å². The van der Waals surface area contributed by atoms with Gasteiger partial charge in [-0.05, 0) is 54.6 Å². The smallest absolute Gasteiger partial charge is 0.340 e. The molecule has 11 heteroatoms. The van der Waals surface area contributed by atoms with Crippen LogP contribution in [0.2, 0.25) is 5.02 Å². The third-order valence-corrected chi connectivity index (χ3v) is 4.84. The Morgan fingerprint density at radius 1 is 0.879 bits per heavy atom. The molecule has 0 unspecified atom stereocenters. The van der Waals surface area contributed by atoms with Crippen molar-refractivity contribution in [1.82, 2.24) is 9.97 Å². The number of hydrogen-bond donors (Lipinski definition) is 3. The molecule has 0 aliphatic heterocycles. The number of carbonyl (C=O) groups is 1. The van der Waals surface area contributed by atoms with Crippen molar-refractivity contribution in [2.45, 2.75) is 6.18 Å². The van der Waals surface area contributed by atoms with Gasteiger partial charge >= 0.3 is 12.2 Å². The lowest BCUT2D eigenvalue weighted by Gasteiger charge is -2.13. The lowest BCUT2D eigenvalue weighted by Crippen LogP contribution is -2.20. The quantitative estimate of drug-likeness (QED) is 0.283. The first-order chi connectivity index (χ1) is 15.7. The predicted octanol–water partition coefficient (Wildman–Crippen LogP) is 6.83. The molecule has 4 rings (SSSR count). The highest BCUT2D eigenvalue weighted by Crippen LogP contribution is 2.36. The molecule has 0 saturated carbocycles. The molecule has 0 spiro atoms. The van der Waals surface area contributed by atoms with Gasteiger partial charge in [-0.2, -0.15) is 13.2 Å². The first-order valence-electron chi connectivity index (χ1n) is 9.41. The molecule has 0 atom stereocenters. The molecule has 6 nitrogen and oxygen atoms in total. The number of nitrogens with zero attached hydrogens (tertiary/aromatic N) is 2. The molecule has 1 aromatic heterocycles. The van der Waals surface area contributed by atoms with Crippen LogP contribution in [0.3, 0.4) is 0 Å². The number of amides is 2. The normalized spacial score (nSPS) is 11.3. The summed E-state index contributed by atoms with van der Waals surface area (Å²) in [7, 11) is 0. The summed E-state index contributed by atoms with van der Waals surface area (Å²) in [5.41, 5.74) is 0.221. The van der Waals surface area contributed by atoms with Gasteiger partial charge in [0, 0.05) is 22.4 Å². The second kappa shape index (κ2) is 8.91. The average molecular weight is 476 g/mol. The Labute approximate surface area is 189 Å². The molecule has 3 aromatic carbocycles. The highest BCUT2D eigenvalue weighted by Gasteiger charge is 2.33. The van der Waals surface area contributed by atoms with E-state index in [1.54, 1.807) is 30.3 Å². The third-order valence-electron chi connectivity index (χ3n) is 4.51. The molecule has 1 heterocycles. The second-order valence-electron chi connectivity index (χ2n) is 6.86. The van der Waals surface area contributed by atoms with Crippen LogP contribution in [0.4, 0.5) is 45.2 Å². The van der Waals surface area contributed by atoms with E-state index in [1.807, 2.05) is 0 Å². The Bertz CT molecular complexity index is 1350. The van der Waals surface area contributed by atoms with Gasteiger partial charge in [0.2, 0.25) is 0 Å². The summed E-state index contributed by atoms with van der Waals surface area (Å²) in [6.07, 6.45) is -3.32. The van der Waals surface area contributed by atoms with Crippen LogP contribution >= 0.6 is 11.6 Å². The van der Waals surface area contributed by atoms with E-state index in [4.69, 9.17) is 11.6 Å². The second-order valence-corrected chi connectivity index (χ2v) is 7.27. The zero-order valence-electron chi connectivity index (χ0n) is 16.5. The van der Waals surface area contributed by atoms with Crippen molar-refractivity contribution in [3.05, 3.63) is 83.4 Å². The van der Waals surface area contributed by atoms with E-state index in [0.717, 1.165) is 12.1 Å². The molecule has 33 heavy (non-hydrogen) atoms. The number of anilines is 4. The number of rotatable bonds is 4. The Kier molecular flexibility index (Phi) is 6.01. The van der Waals surface area contributed by atoms with Gasteiger partial charge in [-0.15, -0.1) is 0 Å². The van der Waals surface area contributed by atoms with Crippen LogP contribution in [0, 0.1) is 5.82 Å². The summed E-state index contributed by atoms with van der Waals surface area (Å²) < 4.78 is 52.6. The van der Waals surface area contributed by atoms with E-state index in [1.165, 1.54) is 24.5 Å². The standard InChI is InChI=1S/C22H14ClF4N5O/c23-18-6-4-15(10-17(18)22(25,26)27)32-21(33)31-14-5-7-19-16(9-14)20(29-11-28-19)30-13-3-1-2-12(24)8-13/h1-11H,(H,28,29,30)(H2,31,32,33). The van der Waals surface area contributed by atoms with Crippen LogP contribution in [-0.2, 0) is 6.18 Å². The topological polar surface area (TPSA) is 78.9 Å². The molecule has 0 bridgehead atoms. The van der Waals surface area contributed by atoms with Gasteiger partial charge in [0.05, 0.1) is 16.1 Å². The summed E-state index contributed by atoms with van der Waals surface area (Å²) in [6, 6.07) is 12.9. The van der Waals surface area contributed by atoms with Crippen LogP contribution < -0.4 is 16.0 Å². The molecular formula is C22H14ClF4N5O. The number of benzene rings is 3. The van der Waals surface area contributed by atoms with Crippen molar-refractivity contribution in [2.75, 3.05) is 16.0 Å². The number of carbonyl (C=O) groups excluding carboxylic acids is 1. The Morgan fingerprint density at radius 3 is 2.33 bits per heavy atom. The van der Waals surface area contributed by atoms with Gasteiger partial charge in [-0.25, -0.2) is 19.2 Å². The van der Waals surface area contributed by atoms with Gasteiger partial charge < -0.3 is 16.0 Å². The summed E-state index contributed by atoms with van der Waals surface area (Å²) in [4.78, 5) is 20.7. The van der Waals surface area contributed by atoms with Crippen LogP contribution in [0.1, 0.15) is 5.56 Å². The first kappa shape index (κ1) is 22.3. The number of halogens is 5. The van der Waals surface area contributed by atoms with Gasteiger partial charge in [-0.1, -0.05) is 17.7 Å². The molecule has 4 aromatic rings. The number of alkyl halides is 3. The summed E-state index contributed by atoms with van der Waals surface area (Å²) >= 11 is 5.60. The van der Waals surface area contributed by atoms with Crippen LogP contribution in [0.25, 0.3) is 10.9 Å². The van der Waals surface area contributed by atoms with Crippen molar-refractivity contribution in [1.29, 1.82) is 0 Å². The lowest BCUT2D eigenvalue weighted by molar-refractivity contribution is -0.137. The fraction of sp³-hybridized carbons (Fsp3) is 0.0455. The number of nitrogens with one attached hydrogen (secondary N) is 3. The minimum Gasteiger partial charge on any atom is -0.340 e. The molecule has 0 aliphatic rings. The summed E-state index contributed by atoms with van der Waals surface area (Å²) in [5, 5.41) is 7.95. The fourth-order valence-corrected chi connectivity index (χ4v) is 3.28. The molecule has 0 fully saturated rings. The molecule has 0 aliphatic carbocycles. The third kappa shape index (κ3) is 5.29. The fourth-order valence-electron chi connectivity index (χ4n) is 3.05. The molecule has 168 valence electrons. The van der Waals surface area contributed by atoms with Gasteiger partial charge in [-0.3, -0.25) is 0 Å². The molecule has 3 N–H and O–H groups in total. The van der Waals surface area contributed by atoms with Gasteiger partial charge in [0.15, 0.2) is 0 Å². The summed E-state index contributed by atoms with van der Waals surface area (Å²) in [6.45, 7) is 0. The number of fused-ring (bicyclic) bond motifs is 1. The van der Waals surface area contributed by atoms with Gasteiger partial charge in [0.25, 0.3) is 0 Å². The van der Waals surface area contributed by atoms with E-state index in [2.05, 4.69) is 25.9 Å². The SMILES string of the molecule is O=C(Nc1ccc(Cl)c(C(F)(F)F)c1)Nc1ccc2ncnc(Nc3cccc(F)c3)c2c1. The number of urea groups is 1. The van der Waals surface area contributed by atoms with E-state index in [9.17, 15) is 22.4 Å². The maximum Gasteiger partial charge on any atom is 0.417 e. The van der Waals surface area contributed by atoms with E-state index < -0.39 is 28.6 Å². The van der Waals surface area contributed by atoms with E-state index >= 15 is 0 Å². The number of aromatic nitrogens is 2. The van der Waals surface area contributed by atoms with Crippen LogP contribution in [0.5, 0.6) is 0 Å². The van der Waals surface area contributed by atoms with Crippen molar-refractivity contribution in [3.63, 3.8) is 0 Å². The van der Waals surface area contributed by atoms with Crippen LogP contribution in [0.15, 0.2) is 67.0 Å². The minimum atomic E-state index is -4.66. The minimum absolute atomic E-state index is 0.0817. The Hall–Kier alpha value is -3.92. The first-order valence-corrected chi connectivity index (χ1v) is 9.79. The van der Waals surface area contributed by atoms with Crippen molar-refractivity contribution in [2.24, 2.45) is 0 Å². The zero-order valence-corrected chi connectivity index (χ0v) is 17.3. The Morgan fingerprint density at radius 2 is 1.61 bits per heavy atom. The monoisotopic (exact) mass is 475 g/mol. The van der Waals surface area contributed by atoms with Crippen molar-refractivity contribution < 1.29 is 22.4 Å². The Balaban J connectivity index is 1.55. The highest BCUT2D eigenvalue weighted by molar-refractivity contribution is 6.31. The average Bonchev–Trinajstić information content (AvgIpc) is 2.75. The summed E-state index contributed by atoms with van der Waals surface area (Å²) in [5.74, 6) is -0.0459. The lowest BCUT2D eigenvalue weighted by atomic mass is 10.2. The van der Waals surface area contributed by atoms with E-state index in [-0.39, 0.29) is 5.69 Å².